The summed E-state index contributed by atoms with van der Waals surface area (Å²) in [6, 6.07) is 9.86. The molecule has 0 spiro atoms. The fourth-order valence-electron chi connectivity index (χ4n) is 2.06. The molecule has 0 aliphatic rings. The van der Waals surface area contributed by atoms with Gasteiger partial charge in [0.25, 0.3) is 0 Å². The summed E-state index contributed by atoms with van der Waals surface area (Å²) >= 11 is 0. The van der Waals surface area contributed by atoms with E-state index in [0.717, 1.165) is 5.69 Å². The molecule has 0 bridgehead atoms. The molecule has 104 valence electrons. The maximum absolute atomic E-state index is 13.4. The topological polar surface area (TPSA) is 66.0 Å². The number of pyridine rings is 1. The molecule has 0 unspecified atom stereocenters. The number of aromatic nitrogens is 1. The van der Waals surface area contributed by atoms with Crippen LogP contribution in [-0.4, -0.2) is 17.4 Å². The van der Waals surface area contributed by atoms with Gasteiger partial charge in [-0.15, -0.1) is 0 Å². The monoisotopic (exact) mass is 272 g/mol. The smallest absolute Gasteiger partial charge is 0.144 e. The summed E-state index contributed by atoms with van der Waals surface area (Å²) in [5.41, 5.74) is 7.66. The van der Waals surface area contributed by atoms with E-state index in [4.69, 9.17) is 11.1 Å². The Kier molecular flexibility index (Phi) is 3.98. The quantitative estimate of drug-likeness (QED) is 0.664. The Balaban J connectivity index is 2.57. The van der Waals surface area contributed by atoms with E-state index in [1.807, 2.05) is 18.7 Å². The number of nitrogen functional groups attached to an aromatic ring is 1. The van der Waals surface area contributed by atoms with Gasteiger partial charge in [-0.05, 0) is 44.2 Å². The average molecular weight is 272 g/mol. The standard InChI is InChI=1S/C15H17FN4/c1-3-20(12-6-4-5-11(16)9-12)15-13(14(17)18)8-7-10(2)19-15/h4-9H,3H2,1-2H3,(H3,17,18). The first-order valence-electron chi connectivity index (χ1n) is 6.38. The second-order valence-corrected chi connectivity index (χ2v) is 4.46. The number of benzene rings is 1. The molecule has 0 radical (unpaired) electrons. The summed E-state index contributed by atoms with van der Waals surface area (Å²) in [7, 11) is 0. The zero-order chi connectivity index (χ0) is 14.7. The van der Waals surface area contributed by atoms with Gasteiger partial charge in [0.05, 0.1) is 5.56 Å². The third-order valence-corrected chi connectivity index (χ3v) is 3.00. The van der Waals surface area contributed by atoms with Crippen LogP contribution in [0.3, 0.4) is 0 Å². The van der Waals surface area contributed by atoms with Crippen LogP contribution in [0.15, 0.2) is 36.4 Å². The molecule has 5 heteroatoms. The van der Waals surface area contributed by atoms with E-state index >= 15 is 0 Å². The number of aryl methyl sites for hydroxylation is 1. The largest absolute Gasteiger partial charge is 0.384 e. The van der Waals surface area contributed by atoms with Crippen molar-refractivity contribution in [2.75, 3.05) is 11.4 Å². The lowest BCUT2D eigenvalue weighted by molar-refractivity contribution is 0.627. The molecule has 4 nitrogen and oxygen atoms in total. The summed E-state index contributed by atoms with van der Waals surface area (Å²) in [6.07, 6.45) is 0. The number of hydrogen-bond donors (Lipinski definition) is 2. The highest BCUT2D eigenvalue weighted by atomic mass is 19.1. The zero-order valence-corrected chi connectivity index (χ0v) is 11.5. The predicted molar refractivity (Wildman–Crippen MR) is 79.1 cm³/mol. The Morgan fingerprint density at radius 3 is 2.70 bits per heavy atom. The molecule has 1 aromatic heterocycles. The molecule has 0 aliphatic carbocycles. The van der Waals surface area contributed by atoms with Crippen molar-refractivity contribution in [3.05, 3.63) is 53.5 Å². The van der Waals surface area contributed by atoms with Crippen LogP contribution < -0.4 is 10.6 Å². The summed E-state index contributed by atoms with van der Waals surface area (Å²) in [6.45, 7) is 4.41. The van der Waals surface area contributed by atoms with Crippen LogP contribution in [0.25, 0.3) is 0 Å². The molecule has 0 fully saturated rings. The van der Waals surface area contributed by atoms with Gasteiger partial charge in [-0.1, -0.05) is 6.07 Å². The molecule has 0 saturated heterocycles. The highest BCUT2D eigenvalue weighted by molar-refractivity contribution is 6.00. The van der Waals surface area contributed by atoms with Gasteiger partial charge in [0.1, 0.15) is 17.5 Å². The third kappa shape index (κ3) is 2.77. The lowest BCUT2D eigenvalue weighted by atomic mass is 10.2. The summed E-state index contributed by atoms with van der Waals surface area (Å²) in [5, 5.41) is 7.66. The zero-order valence-electron chi connectivity index (χ0n) is 11.5. The van der Waals surface area contributed by atoms with Crippen LogP contribution in [0, 0.1) is 18.2 Å². The van der Waals surface area contributed by atoms with Crippen LogP contribution in [0.2, 0.25) is 0 Å². The van der Waals surface area contributed by atoms with Gasteiger partial charge >= 0.3 is 0 Å². The van der Waals surface area contributed by atoms with Crippen molar-refractivity contribution < 1.29 is 4.39 Å². The molecule has 0 amide bonds. The molecule has 20 heavy (non-hydrogen) atoms. The Hall–Kier alpha value is -2.43. The lowest BCUT2D eigenvalue weighted by Crippen LogP contribution is -2.23. The fourth-order valence-corrected chi connectivity index (χ4v) is 2.06. The highest BCUT2D eigenvalue weighted by Gasteiger charge is 2.16. The second-order valence-electron chi connectivity index (χ2n) is 4.46. The third-order valence-electron chi connectivity index (χ3n) is 3.00. The van der Waals surface area contributed by atoms with E-state index in [2.05, 4.69) is 4.98 Å². The fraction of sp³-hybridized carbons (Fsp3) is 0.200. The van der Waals surface area contributed by atoms with Crippen molar-refractivity contribution in [2.24, 2.45) is 5.73 Å². The molecule has 2 aromatic rings. The minimum absolute atomic E-state index is 0.0534. The predicted octanol–water partition coefficient (Wildman–Crippen LogP) is 2.97. The first kappa shape index (κ1) is 14.0. The first-order chi connectivity index (χ1) is 9.52. The molecule has 0 saturated carbocycles. The average Bonchev–Trinajstić information content (AvgIpc) is 2.39. The van der Waals surface area contributed by atoms with Crippen molar-refractivity contribution in [2.45, 2.75) is 13.8 Å². The van der Waals surface area contributed by atoms with Crippen LogP contribution in [0.5, 0.6) is 0 Å². The van der Waals surface area contributed by atoms with Gasteiger partial charge in [0.2, 0.25) is 0 Å². The van der Waals surface area contributed by atoms with E-state index in [-0.39, 0.29) is 11.7 Å². The first-order valence-corrected chi connectivity index (χ1v) is 6.38. The van der Waals surface area contributed by atoms with Crippen LogP contribution in [-0.2, 0) is 0 Å². The summed E-state index contributed by atoms with van der Waals surface area (Å²) < 4.78 is 13.4. The number of amidine groups is 1. The molecule has 1 heterocycles. The highest BCUT2D eigenvalue weighted by Crippen LogP contribution is 2.27. The molecule has 0 aliphatic heterocycles. The number of anilines is 2. The van der Waals surface area contributed by atoms with Crippen molar-refractivity contribution >= 4 is 17.3 Å². The van der Waals surface area contributed by atoms with Gasteiger partial charge in [-0.2, -0.15) is 0 Å². The van der Waals surface area contributed by atoms with Gasteiger partial charge in [-0.25, -0.2) is 9.37 Å². The SMILES string of the molecule is CCN(c1cccc(F)c1)c1nc(C)ccc1C(=N)N. The maximum atomic E-state index is 13.4. The number of nitrogens with zero attached hydrogens (tertiary/aromatic N) is 2. The normalized spacial score (nSPS) is 10.3. The number of nitrogens with two attached hydrogens (primary N) is 1. The van der Waals surface area contributed by atoms with Gasteiger partial charge in [-0.3, -0.25) is 5.41 Å². The number of halogens is 1. The lowest BCUT2D eigenvalue weighted by Gasteiger charge is -2.24. The molecule has 2 rings (SSSR count). The minimum atomic E-state index is -0.307. The number of rotatable bonds is 4. The van der Waals surface area contributed by atoms with Gasteiger partial charge < -0.3 is 10.6 Å². The molecule has 1 aromatic carbocycles. The van der Waals surface area contributed by atoms with E-state index < -0.39 is 0 Å². The Morgan fingerprint density at radius 2 is 2.10 bits per heavy atom. The Bertz CT molecular complexity index is 640. The van der Waals surface area contributed by atoms with Gasteiger partial charge in [0, 0.05) is 17.9 Å². The number of nitrogens with one attached hydrogen (secondary N) is 1. The molecule has 0 atom stereocenters. The van der Waals surface area contributed by atoms with Crippen LogP contribution >= 0.6 is 0 Å². The van der Waals surface area contributed by atoms with Gasteiger partial charge in [0.15, 0.2) is 0 Å². The van der Waals surface area contributed by atoms with Crippen molar-refractivity contribution in [3.63, 3.8) is 0 Å². The number of hydrogen-bond acceptors (Lipinski definition) is 3. The van der Waals surface area contributed by atoms with Crippen LogP contribution in [0.1, 0.15) is 18.2 Å². The Labute approximate surface area is 117 Å². The molecular weight excluding hydrogens is 255 g/mol. The molecule has 3 N–H and O–H groups in total. The minimum Gasteiger partial charge on any atom is -0.384 e. The van der Waals surface area contributed by atoms with Crippen molar-refractivity contribution in [3.8, 4) is 0 Å². The van der Waals surface area contributed by atoms with E-state index in [1.54, 1.807) is 24.3 Å². The second kappa shape index (κ2) is 5.69. The maximum Gasteiger partial charge on any atom is 0.144 e. The summed E-state index contributed by atoms with van der Waals surface area (Å²) in [5.74, 6) is 0.214. The molecular formula is C15H17FN4. The Morgan fingerprint density at radius 1 is 1.35 bits per heavy atom. The van der Waals surface area contributed by atoms with Crippen molar-refractivity contribution in [1.29, 1.82) is 5.41 Å². The van der Waals surface area contributed by atoms with E-state index in [1.165, 1.54) is 12.1 Å². The summed E-state index contributed by atoms with van der Waals surface area (Å²) in [4.78, 5) is 6.29. The van der Waals surface area contributed by atoms with Crippen molar-refractivity contribution in [1.82, 2.24) is 4.98 Å². The van der Waals surface area contributed by atoms with Crippen LogP contribution in [0.4, 0.5) is 15.9 Å². The van der Waals surface area contributed by atoms with E-state index in [0.29, 0.717) is 23.6 Å². The van der Waals surface area contributed by atoms with E-state index in [9.17, 15) is 4.39 Å².